The molecule has 180 valence electrons. The zero-order chi connectivity index (χ0) is 24.0. The molecule has 0 bridgehead atoms. The summed E-state index contributed by atoms with van der Waals surface area (Å²) in [7, 11) is -2.32. The van der Waals surface area contributed by atoms with Crippen LogP contribution >= 0.6 is 0 Å². The highest BCUT2D eigenvalue weighted by Gasteiger charge is 2.29. The molecular formula is C24H28N4O5S. The zero-order valence-corrected chi connectivity index (χ0v) is 19.8. The lowest BCUT2D eigenvalue weighted by Gasteiger charge is -2.26. The van der Waals surface area contributed by atoms with Crippen LogP contribution in [0.4, 0.5) is 0 Å². The number of sulfonamides is 1. The van der Waals surface area contributed by atoms with Crippen molar-refractivity contribution in [1.82, 2.24) is 19.4 Å². The van der Waals surface area contributed by atoms with Gasteiger partial charge in [-0.05, 0) is 41.8 Å². The van der Waals surface area contributed by atoms with Crippen molar-refractivity contribution in [1.29, 1.82) is 0 Å². The molecule has 1 aliphatic heterocycles. The first-order valence-electron chi connectivity index (χ1n) is 11.1. The first-order chi connectivity index (χ1) is 16.5. The summed E-state index contributed by atoms with van der Waals surface area (Å²) in [6.45, 7) is 1.74. The van der Waals surface area contributed by atoms with E-state index in [1.165, 1.54) is 17.5 Å². The quantitative estimate of drug-likeness (QED) is 0.497. The fourth-order valence-corrected chi connectivity index (χ4v) is 5.38. The Kier molecular flexibility index (Phi) is 7.61. The predicted molar refractivity (Wildman–Crippen MR) is 127 cm³/mol. The number of ether oxygens (including phenoxy) is 2. The maximum absolute atomic E-state index is 13.1. The van der Waals surface area contributed by atoms with Crippen molar-refractivity contribution in [2.45, 2.75) is 17.7 Å². The lowest BCUT2D eigenvalue weighted by molar-refractivity contribution is -0.120. The van der Waals surface area contributed by atoms with Crippen molar-refractivity contribution in [2.24, 2.45) is 0 Å². The van der Waals surface area contributed by atoms with Crippen molar-refractivity contribution < 1.29 is 22.7 Å². The number of carbonyl (C=O) groups is 1. The molecule has 0 saturated carbocycles. The fourth-order valence-electron chi connectivity index (χ4n) is 3.76. The molecule has 0 unspecified atom stereocenters. The van der Waals surface area contributed by atoms with Crippen molar-refractivity contribution in [3.8, 4) is 11.4 Å². The molecule has 0 spiro atoms. The highest BCUT2D eigenvalue weighted by atomic mass is 32.2. The SMILES string of the molecule is COc1ccc(CC(=O)NCCc2cnn(-c3ccccc3)c2)cc1S(=O)(=O)N1CCOCC1. The van der Waals surface area contributed by atoms with E-state index in [9.17, 15) is 13.2 Å². The minimum atomic E-state index is -3.75. The lowest BCUT2D eigenvalue weighted by Crippen LogP contribution is -2.40. The van der Waals surface area contributed by atoms with Crippen LogP contribution in [0, 0.1) is 0 Å². The highest BCUT2D eigenvalue weighted by Crippen LogP contribution is 2.28. The Labute approximate surface area is 199 Å². The second kappa shape index (κ2) is 10.8. The lowest BCUT2D eigenvalue weighted by atomic mass is 10.1. The average Bonchev–Trinajstić information content (AvgIpc) is 3.34. The molecule has 2 heterocycles. The summed E-state index contributed by atoms with van der Waals surface area (Å²) in [6, 6.07) is 14.6. The normalized spacial score (nSPS) is 14.6. The van der Waals surface area contributed by atoms with E-state index in [4.69, 9.17) is 9.47 Å². The van der Waals surface area contributed by atoms with E-state index in [1.54, 1.807) is 23.0 Å². The summed E-state index contributed by atoms with van der Waals surface area (Å²) in [5.41, 5.74) is 2.58. The minimum absolute atomic E-state index is 0.0653. The summed E-state index contributed by atoms with van der Waals surface area (Å²) >= 11 is 0. The number of hydrogen-bond donors (Lipinski definition) is 1. The Morgan fingerprint density at radius 3 is 2.62 bits per heavy atom. The maximum atomic E-state index is 13.1. The van der Waals surface area contributed by atoms with Gasteiger partial charge < -0.3 is 14.8 Å². The number of aromatic nitrogens is 2. The third kappa shape index (κ3) is 5.64. The number of nitrogens with zero attached hydrogens (tertiary/aromatic N) is 3. The Hall–Kier alpha value is -3.21. The van der Waals surface area contributed by atoms with Gasteiger partial charge >= 0.3 is 0 Å². The number of para-hydroxylation sites is 1. The van der Waals surface area contributed by atoms with Gasteiger partial charge in [0.15, 0.2) is 0 Å². The minimum Gasteiger partial charge on any atom is -0.495 e. The smallest absolute Gasteiger partial charge is 0.246 e. The van der Waals surface area contributed by atoms with Crippen LogP contribution in [-0.4, -0.2) is 68.4 Å². The molecule has 3 aromatic rings. The molecule has 9 nitrogen and oxygen atoms in total. The molecule has 10 heteroatoms. The first kappa shape index (κ1) is 23.9. The van der Waals surface area contributed by atoms with E-state index in [0.717, 1.165) is 11.3 Å². The fraction of sp³-hybridized carbons (Fsp3) is 0.333. The van der Waals surface area contributed by atoms with Crippen molar-refractivity contribution in [2.75, 3.05) is 40.0 Å². The van der Waals surface area contributed by atoms with Crippen LogP contribution in [0.1, 0.15) is 11.1 Å². The number of carbonyl (C=O) groups excluding carboxylic acids is 1. The predicted octanol–water partition coefficient (Wildman–Crippen LogP) is 1.80. The van der Waals surface area contributed by atoms with Gasteiger partial charge in [-0.2, -0.15) is 9.40 Å². The van der Waals surface area contributed by atoms with Crippen molar-refractivity contribution in [3.05, 3.63) is 72.1 Å². The molecular weight excluding hydrogens is 456 g/mol. The van der Waals surface area contributed by atoms with Gasteiger partial charge in [-0.15, -0.1) is 0 Å². The number of morpholine rings is 1. The Morgan fingerprint density at radius 1 is 1.12 bits per heavy atom. The van der Waals surface area contributed by atoms with Gasteiger partial charge in [0.1, 0.15) is 10.6 Å². The van der Waals surface area contributed by atoms with Gasteiger partial charge in [0.2, 0.25) is 15.9 Å². The van der Waals surface area contributed by atoms with Crippen LogP contribution in [0.5, 0.6) is 5.75 Å². The molecule has 34 heavy (non-hydrogen) atoms. The number of rotatable bonds is 9. The van der Waals surface area contributed by atoms with Crippen molar-refractivity contribution in [3.63, 3.8) is 0 Å². The maximum Gasteiger partial charge on any atom is 0.246 e. The number of hydrogen-bond acceptors (Lipinski definition) is 6. The molecule has 1 N–H and O–H groups in total. The third-order valence-electron chi connectivity index (χ3n) is 5.57. The van der Waals surface area contributed by atoms with E-state index in [1.807, 2.05) is 36.5 Å². The number of amides is 1. The molecule has 2 aromatic carbocycles. The van der Waals surface area contributed by atoms with Crippen molar-refractivity contribution >= 4 is 15.9 Å². The molecule has 1 fully saturated rings. The van der Waals surface area contributed by atoms with Crippen LogP contribution in [0.25, 0.3) is 5.69 Å². The largest absolute Gasteiger partial charge is 0.495 e. The van der Waals surface area contributed by atoms with Gasteiger partial charge in [-0.3, -0.25) is 4.79 Å². The van der Waals surface area contributed by atoms with Gasteiger partial charge in [0, 0.05) is 25.8 Å². The highest BCUT2D eigenvalue weighted by molar-refractivity contribution is 7.89. The summed E-state index contributed by atoms with van der Waals surface area (Å²) in [5.74, 6) is 0.0708. The molecule has 1 saturated heterocycles. The second-order valence-electron chi connectivity index (χ2n) is 7.91. The van der Waals surface area contributed by atoms with Crippen LogP contribution < -0.4 is 10.1 Å². The molecule has 1 aliphatic rings. The zero-order valence-electron chi connectivity index (χ0n) is 19.0. The van der Waals surface area contributed by atoms with E-state index in [-0.39, 0.29) is 36.1 Å². The van der Waals surface area contributed by atoms with Crippen LogP contribution in [-0.2, 0) is 32.4 Å². The van der Waals surface area contributed by atoms with E-state index >= 15 is 0 Å². The summed E-state index contributed by atoms with van der Waals surface area (Å²) in [6.07, 6.45) is 4.43. The average molecular weight is 485 g/mol. The summed E-state index contributed by atoms with van der Waals surface area (Å²) < 4.78 is 40.0. The summed E-state index contributed by atoms with van der Waals surface area (Å²) in [4.78, 5) is 12.6. The number of benzene rings is 2. The number of nitrogens with one attached hydrogen (secondary N) is 1. The topological polar surface area (TPSA) is 103 Å². The van der Waals surface area contributed by atoms with Crippen LogP contribution in [0.2, 0.25) is 0 Å². The molecule has 0 radical (unpaired) electrons. The van der Waals surface area contributed by atoms with Gasteiger partial charge in [-0.25, -0.2) is 13.1 Å². The Morgan fingerprint density at radius 2 is 1.88 bits per heavy atom. The monoisotopic (exact) mass is 484 g/mol. The van der Waals surface area contributed by atoms with Crippen LogP contribution in [0.15, 0.2) is 65.8 Å². The van der Waals surface area contributed by atoms with E-state index < -0.39 is 10.0 Å². The van der Waals surface area contributed by atoms with E-state index in [2.05, 4.69) is 10.4 Å². The van der Waals surface area contributed by atoms with Crippen LogP contribution in [0.3, 0.4) is 0 Å². The third-order valence-corrected chi connectivity index (χ3v) is 7.49. The van der Waals surface area contributed by atoms with Gasteiger partial charge in [-0.1, -0.05) is 24.3 Å². The Bertz CT molecular complexity index is 1220. The molecule has 1 aromatic heterocycles. The van der Waals surface area contributed by atoms with Gasteiger partial charge in [0.05, 0.1) is 38.6 Å². The molecule has 1 amide bonds. The summed E-state index contributed by atoms with van der Waals surface area (Å²) in [5, 5.41) is 7.26. The first-order valence-corrected chi connectivity index (χ1v) is 12.5. The van der Waals surface area contributed by atoms with E-state index in [0.29, 0.717) is 31.7 Å². The molecule has 4 rings (SSSR count). The standard InChI is InChI=1S/C24H28N4O5S/c1-32-22-8-7-19(15-23(22)34(30,31)27-11-13-33-14-12-27)16-24(29)25-10-9-20-17-26-28(18-20)21-5-3-2-4-6-21/h2-8,15,17-18H,9-14,16H2,1H3,(H,25,29). The second-order valence-corrected chi connectivity index (χ2v) is 9.81. The number of methoxy groups -OCH3 is 1. The van der Waals surface area contributed by atoms with Gasteiger partial charge in [0.25, 0.3) is 0 Å². The molecule has 0 atom stereocenters. The Balaban J connectivity index is 1.36. The molecule has 0 aliphatic carbocycles.